The molecule has 0 aliphatic rings. The van der Waals surface area contributed by atoms with Crippen molar-refractivity contribution < 1.29 is 4.79 Å². The molecule has 0 bridgehead atoms. The zero-order valence-electron chi connectivity index (χ0n) is 10.7. The van der Waals surface area contributed by atoms with Crippen LogP contribution in [0, 0.1) is 5.92 Å². The standard InChI is InChI=1S/C14H20BrNO/c1-4-11-5-7-12(8-6-11)14(17)16-13(9-15)10(2)3/h5-8,10,13H,4,9H2,1-3H3,(H,16,17). The highest BCUT2D eigenvalue weighted by atomic mass is 79.9. The van der Waals surface area contributed by atoms with Gasteiger partial charge in [0.05, 0.1) is 0 Å². The van der Waals surface area contributed by atoms with Crippen LogP contribution in [0.3, 0.4) is 0 Å². The largest absolute Gasteiger partial charge is 0.348 e. The highest BCUT2D eigenvalue weighted by Gasteiger charge is 2.15. The van der Waals surface area contributed by atoms with Crippen molar-refractivity contribution in [2.24, 2.45) is 5.92 Å². The van der Waals surface area contributed by atoms with Gasteiger partial charge in [0, 0.05) is 16.9 Å². The number of aryl methyl sites for hydroxylation is 1. The molecule has 0 fully saturated rings. The summed E-state index contributed by atoms with van der Waals surface area (Å²) in [6.45, 7) is 6.31. The molecule has 0 radical (unpaired) electrons. The van der Waals surface area contributed by atoms with E-state index in [1.165, 1.54) is 5.56 Å². The van der Waals surface area contributed by atoms with Gasteiger partial charge in [0.15, 0.2) is 0 Å². The van der Waals surface area contributed by atoms with Crippen molar-refractivity contribution in [1.82, 2.24) is 5.32 Å². The number of alkyl halides is 1. The normalized spacial score (nSPS) is 12.5. The molecule has 0 saturated heterocycles. The van der Waals surface area contributed by atoms with Crippen LogP contribution in [-0.2, 0) is 6.42 Å². The third-order valence-corrected chi connectivity index (χ3v) is 3.61. The molecule has 0 aliphatic carbocycles. The number of nitrogens with one attached hydrogen (secondary N) is 1. The molecule has 0 aromatic heterocycles. The maximum Gasteiger partial charge on any atom is 0.251 e. The third-order valence-electron chi connectivity index (χ3n) is 2.91. The Hall–Kier alpha value is -0.830. The van der Waals surface area contributed by atoms with Gasteiger partial charge in [0.2, 0.25) is 0 Å². The number of hydrogen-bond acceptors (Lipinski definition) is 1. The molecular formula is C14H20BrNO. The van der Waals surface area contributed by atoms with Crippen LogP contribution in [0.15, 0.2) is 24.3 Å². The number of rotatable bonds is 5. The molecule has 1 unspecified atom stereocenters. The lowest BCUT2D eigenvalue weighted by Crippen LogP contribution is -2.39. The zero-order chi connectivity index (χ0) is 12.8. The topological polar surface area (TPSA) is 29.1 Å². The molecule has 1 N–H and O–H groups in total. The molecule has 94 valence electrons. The molecule has 1 amide bonds. The van der Waals surface area contributed by atoms with Crippen LogP contribution in [0.2, 0.25) is 0 Å². The summed E-state index contributed by atoms with van der Waals surface area (Å²) in [6.07, 6.45) is 0.998. The molecule has 0 saturated carbocycles. The van der Waals surface area contributed by atoms with Gasteiger partial charge in [-0.1, -0.05) is 48.8 Å². The summed E-state index contributed by atoms with van der Waals surface area (Å²) >= 11 is 3.43. The van der Waals surface area contributed by atoms with E-state index >= 15 is 0 Å². The maximum atomic E-state index is 12.0. The Morgan fingerprint density at radius 3 is 2.29 bits per heavy atom. The SMILES string of the molecule is CCc1ccc(C(=O)NC(CBr)C(C)C)cc1. The van der Waals surface area contributed by atoms with Crippen molar-refractivity contribution in [2.75, 3.05) is 5.33 Å². The molecule has 0 heterocycles. The van der Waals surface area contributed by atoms with Gasteiger partial charge in [-0.2, -0.15) is 0 Å². The Labute approximate surface area is 112 Å². The van der Waals surface area contributed by atoms with Crippen LogP contribution >= 0.6 is 15.9 Å². The predicted octanol–water partition coefficient (Wildman–Crippen LogP) is 3.40. The summed E-state index contributed by atoms with van der Waals surface area (Å²) in [5.41, 5.74) is 1.98. The van der Waals surface area contributed by atoms with Crippen LogP contribution in [0.1, 0.15) is 36.7 Å². The van der Waals surface area contributed by atoms with Gasteiger partial charge < -0.3 is 5.32 Å². The smallest absolute Gasteiger partial charge is 0.251 e. The fourth-order valence-electron chi connectivity index (χ4n) is 1.53. The number of hydrogen-bond donors (Lipinski definition) is 1. The first-order valence-corrected chi connectivity index (χ1v) is 7.16. The summed E-state index contributed by atoms with van der Waals surface area (Å²) in [5, 5.41) is 3.82. The van der Waals surface area contributed by atoms with Gasteiger partial charge >= 0.3 is 0 Å². The zero-order valence-corrected chi connectivity index (χ0v) is 12.3. The fourth-order valence-corrected chi connectivity index (χ4v) is 2.44. The van der Waals surface area contributed by atoms with Gasteiger partial charge in [-0.15, -0.1) is 0 Å². The highest BCUT2D eigenvalue weighted by molar-refractivity contribution is 9.09. The summed E-state index contributed by atoms with van der Waals surface area (Å²) in [7, 11) is 0. The van der Waals surface area contributed by atoms with E-state index in [4.69, 9.17) is 0 Å². The predicted molar refractivity (Wildman–Crippen MR) is 75.7 cm³/mol. The maximum absolute atomic E-state index is 12.0. The van der Waals surface area contributed by atoms with Gasteiger partial charge in [0.1, 0.15) is 0 Å². The Kier molecular flexibility index (Phi) is 5.69. The molecule has 0 spiro atoms. The quantitative estimate of drug-likeness (QED) is 0.829. The molecule has 0 aliphatic heterocycles. The number of amides is 1. The van der Waals surface area contributed by atoms with Crippen LogP contribution in [0.25, 0.3) is 0 Å². The Morgan fingerprint density at radius 1 is 1.29 bits per heavy atom. The van der Waals surface area contributed by atoms with E-state index in [1.54, 1.807) is 0 Å². The number of halogens is 1. The molecule has 3 heteroatoms. The molecule has 1 aromatic rings. The second-order valence-corrected chi connectivity index (χ2v) is 5.18. The lowest BCUT2D eigenvalue weighted by Gasteiger charge is -2.19. The lowest BCUT2D eigenvalue weighted by molar-refractivity contribution is 0.0932. The minimum Gasteiger partial charge on any atom is -0.348 e. The first kappa shape index (κ1) is 14.2. The second-order valence-electron chi connectivity index (χ2n) is 4.53. The second kappa shape index (κ2) is 6.80. The first-order valence-electron chi connectivity index (χ1n) is 6.04. The molecular weight excluding hydrogens is 278 g/mol. The van der Waals surface area contributed by atoms with Gasteiger partial charge in [-0.3, -0.25) is 4.79 Å². The van der Waals surface area contributed by atoms with Gasteiger partial charge in [-0.05, 0) is 30.0 Å². The van der Waals surface area contributed by atoms with Gasteiger partial charge in [0.25, 0.3) is 5.91 Å². The average molecular weight is 298 g/mol. The molecule has 2 nitrogen and oxygen atoms in total. The van der Waals surface area contributed by atoms with Crippen molar-refractivity contribution in [1.29, 1.82) is 0 Å². The monoisotopic (exact) mass is 297 g/mol. The summed E-state index contributed by atoms with van der Waals surface area (Å²) in [5.74, 6) is 0.430. The number of carbonyl (C=O) groups is 1. The van der Waals surface area contributed by atoms with Gasteiger partial charge in [-0.25, -0.2) is 0 Å². The molecule has 1 aromatic carbocycles. The molecule has 17 heavy (non-hydrogen) atoms. The van der Waals surface area contributed by atoms with Crippen LogP contribution in [0.5, 0.6) is 0 Å². The van der Waals surface area contributed by atoms with Crippen molar-refractivity contribution >= 4 is 21.8 Å². The average Bonchev–Trinajstić information content (AvgIpc) is 2.35. The number of carbonyl (C=O) groups excluding carboxylic acids is 1. The minimum atomic E-state index is 0.00537. The summed E-state index contributed by atoms with van der Waals surface area (Å²) in [6, 6.07) is 7.97. The highest BCUT2D eigenvalue weighted by Crippen LogP contribution is 2.08. The lowest BCUT2D eigenvalue weighted by atomic mass is 10.1. The van der Waals surface area contributed by atoms with Crippen LogP contribution < -0.4 is 5.32 Å². The molecule has 1 rings (SSSR count). The van der Waals surface area contributed by atoms with Crippen LogP contribution in [-0.4, -0.2) is 17.3 Å². The van der Waals surface area contributed by atoms with Crippen molar-refractivity contribution in [3.05, 3.63) is 35.4 Å². The summed E-state index contributed by atoms with van der Waals surface area (Å²) < 4.78 is 0. The van der Waals surface area contributed by atoms with Crippen molar-refractivity contribution in [3.8, 4) is 0 Å². The Morgan fingerprint density at radius 2 is 1.88 bits per heavy atom. The van der Waals surface area contributed by atoms with E-state index in [0.29, 0.717) is 5.92 Å². The minimum absolute atomic E-state index is 0.00537. The molecule has 1 atom stereocenters. The van der Waals surface area contributed by atoms with Crippen molar-refractivity contribution in [2.45, 2.75) is 33.2 Å². The third kappa shape index (κ3) is 4.15. The first-order chi connectivity index (χ1) is 8.08. The van der Waals surface area contributed by atoms with Crippen molar-refractivity contribution in [3.63, 3.8) is 0 Å². The van der Waals surface area contributed by atoms with E-state index in [1.807, 2.05) is 24.3 Å². The van der Waals surface area contributed by atoms with E-state index < -0.39 is 0 Å². The van der Waals surface area contributed by atoms with E-state index in [2.05, 4.69) is 42.0 Å². The van der Waals surface area contributed by atoms with E-state index in [0.717, 1.165) is 17.3 Å². The fraction of sp³-hybridized carbons (Fsp3) is 0.500. The number of benzene rings is 1. The Bertz CT molecular complexity index is 359. The van der Waals surface area contributed by atoms with Crippen LogP contribution in [0.4, 0.5) is 0 Å². The van der Waals surface area contributed by atoms with E-state index in [-0.39, 0.29) is 11.9 Å². The Balaban J connectivity index is 2.68. The summed E-state index contributed by atoms with van der Waals surface area (Å²) in [4.78, 5) is 12.0. The van der Waals surface area contributed by atoms with E-state index in [9.17, 15) is 4.79 Å².